The van der Waals surface area contributed by atoms with Crippen molar-refractivity contribution in [1.82, 2.24) is 30.8 Å². The maximum absolute atomic E-state index is 11.7. The average molecular weight is 272 g/mol. The highest BCUT2D eigenvalue weighted by Crippen LogP contribution is 2.04. The second-order valence-corrected chi connectivity index (χ2v) is 3.58. The normalized spacial score (nSPS) is 11.6. The molecule has 0 bridgehead atoms. The lowest BCUT2D eigenvalue weighted by atomic mass is 10.3. The first kappa shape index (κ1) is 14.3. The molecule has 0 radical (unpaired) electrons. The summed E-state index contributed by atoms with van der Waals surface area (Å²) in [5.41, 5.74) is 0. The van der Waals surface area contributed by atoms with Gasteiger partial charge in [0.05, 0.1) is 6.04 Å². The van der Waals surface area contributed by atoms with Gasteiger partial charge in [-0.05, 0) is 6.92 Å². The number of hydrogen-bond donors (Lipinski definition) is 4. The summed E-state index contributed by atoms with van der Waals surface area (Å²) in [5, 5.41) is 32.4. The molecule has 2 amide bonds. The third-order valence-corrected chi connectivity index (χ3v) is 2.03. The van der Waals surface area contributed by atoms with E-state index < -0.39 is 37.1 Å². The molecule has 11 heteroatoms. The minimum Gasteiger partial charge on any atom is -0.480 e. The van der Waals surface area contributed by atoms with E-state index in [4.69, 9.17) is 10.2 Å². The zero-order valence-corrected chi connectivity index (χ0v) is 9.90. The number of carbonyl (C=O) groups excluding carboxylic acids is 1. The Morgan fingerprint density at radius 2 is 1.89 bits per heavy atom. The smallest absolute Gasteiger partial charge is 0.323 e. The quantitative estimate of drug-likeness (QED) is 0.483. The van der Waals surface area contributed by atoms with Crippen LogP contribution in [0.3, 0.4) is 0 Å². The van der Waals surface area contributed by atoms with E-state index in [9.17, 15) is 14.4 Å². The van der Waals surface area contributed by atoms with Gasteiger partial charge in [0, 0.05) is 0 Å². The molecule has 1 unspecified atom stereocenters. The van der Waals surface area contributed by atoms with E-state index in [-0.39, 0.29) is 5.82 Å². The monoisotopic (exact) mass is 272 g/mol. The average Bonchev–Trinajstić information content (AvgIpc) is 2.79. The summed E-state index contributed by atoms with van der Waals surface area (Å²) in [6.07, 6.45) is 0. The molecule has 104 valence electrons. The van der Waals surface area contributed by atoms with Gasteiger partial charge in [0.15, 0.2) is 5.82 Å². The van der Waals surface area contributed by atoms with Gasteiger partial charge < -0.3 is 20.4 Å². The van der Waals surface area contributed by atoms with Crippen LogP contribution < -0.4 is 5.32 Å². The fraction of sp³-hybridized carbons (Fsp3) is 0.500. The van der Waals surface area contributed by atoms with Gasteiger partial charge in [-0.25, -0.2) is 4.79 Å². The predicted octanol–water partition coefficient (Wildman–Crippen LogP) is -1.56. The molecule has 1 heterocycles. The maximum atomic E-state index is 11.7. The third-order valence-electron chi connectivity index (χ3n) is 2.03. The number of carboxylic acids is 2. The second-order valence-electron chi connectivity index (χ2n) is 3.58. The minimum absolute atomic E-state index is 0.193. The number of urea groups is 1. The van der Waals surface area contributed by atoms with Gasteiger partial charge in [0.25, 0.3) is 0 Å². The molecule has 4 N–H and O–H groups in total. The fourth-order valence-corrected chi connectivity index (χ4v) is 1.22. The SMILES string of the molecule is CC(NC(=O)N(CC(=O)O)CC(=O)O)c1nn[nH]n1. The summed E-state index contributed by atoms with van der Waals surface area (Å²) in [7, 11) is 0. The van der Waals surface area contributed by atoms with E-state index in [2.05, 4.69) is 25.9 Å². The van der Waals surface area contributed by atoms with Crippen LogP contribution in [0.2, 0.25) is 0 Å². The molecule has 19 heavy (non-hydrogen) atoms. The van der Waals surface area contributed by atoms with E-state index >= 15 is 0 Å². The number of aromatic nitrogens is 4. The number of amides is 2. The van der Waals surface area contributed by atoms with Crippen LogP contribution in [0.1, 0.15) is 18.8 Å². The number of tetrazole rings is 1. The number of nitrogens with one attached hydrogen (secondary N) is 2. The number of aromatic amines is 1. The fourth-order valence-electron chi connectivity index (χ4n) is 1.22. The number of aliphatic carboxylic acids is 2. The highest BCUT2D eigenvalue weighted by molar-refractivity contribution is 5.84. The van der Waals surface area contributed by atoms with Crippen LogP contribution in [0.4, 0.5) is 4.79 Å². The molecule has 1 aromatic rings. The van der Waals surface area contributed by atoms with E-state index in [0.29, 0.717) is 4.90 Å². The summed E-state index contributed by atoms with van der Waals surface area (Å²) < 4.78 is 0. The molecular weight excluding hydrogens is 260 g/mol. The van der Waals surface area contributed by atoms with Crippen molar-refractivity contribution in [3.8, 4) is 0 Å². The van der Waals surface area contributed by atoms with Crippen LogP contribution in [0.5, 0.6) is 0 Å². The van der Waals surface area contributed by atoms with Gasteiger partial charge in [0.2, 0.25) is 0 Å². The Morgan fingerprint density at radius 3 is 2.32 bits per heavy atom. The van der Waals surface area contributed by atoms with E-state index in [1.165, 1.54) is 0 Å². The number of rotatable bonds is 6. The molecule has 0 spiro atoms. The molecule has 1 aromatic heterocycles. The summed E-state index contributed by atoms with van der Waals surface area (Å²) in [5.74, 6) is -2.44. The number of carbonyl (C=O) groups is 3. The highest BCUT2D eigenvalue weighted by atomic mass is 16.4. The van der Waals surface area contributed by atoms with Gasteiger partial charge in [-0.15, -0.1) is 10.2 Å². The Labute approximate surface area is 106 Å². The molecule has 1 rings (SSSR count). The van der Waals surface area contributed by atoms with Gasteiger partial charge in [-0.1, -0.05) is 5.21 Å². The molecule has 0 aromatic carbocycles. The Bertz CT molecular complexity index is 444. The van der Waals surface area contributed by atoms with Crippen LogP contribution in [0, 0.1) is 0 Å². The number of H-pyrrole nitrogens is 1. The summed E-state index contributed by atoms with van der Waals surface area (Å²) in [6.45, 7) is 0.0939. The Kier molecular flexibility index (Phi) is 4.74. The zero-order valence-electron chi connectivity index (χ0n) is 9.90. The van der Waals surface area contributed by atoms with E-state index in [1.807, 2.05) is 0 Å². The summed E-state index contributed by atoms with van der Waals surface area (Å²) >= 11 is 0. The molecule has 0 saturated carbocycles. The molecule has 0 aliphatic rings. The van der Waals surface area contributed by atoms with Crippen molar-refractivity contribution in [2.45, 2.75) is 13.0 Å². The van der Waals surface area contributed by atoms with E-state index in [1.54, 1.807) is 6.92 Å². The van der Waals surface area contributed by atoms with Gasteiger partial charge >= 0.3 is 18.0 Å². The summed E-state index contributed by atoms with van der Waals surface area (Å²) in [4.78, 5) is 33.5. The van der Waals surface area contributed by atoms with Crippen LogP contribution in [0.25, 0.3) is 0 Å². The van der Waals surface area contributed by atoms with Gasteiger partial charge in [-0.3, -0.25) is 9.59 Å². The lowest BCUT2D eigenvalue weighted by molar-refractivity contribution is -0.140. The van der Waals surface area contributed by atoms with Crippen LogP contribution in [-0.2, 0) is 9.59 Å². The van der Waals surface area contributed by atoms with Crippen molar-refractivity contribution in [3.05, 3.63) is 5.82 Å². The minimum atomic E-state index is -1.32. The van der Waals surface area contributed by atoms with Crippen molar-refractivity contribution in [3.63, 3.8) is 0 Å². The molecule has 0 fully saturated rings. The number of nitrogens with zero attached hydrogens (tertiary/aromatic N) is 4. The van der Waals surface area contributed by atoms with Crippen molar-refractivity contribution in [2.75, 3.05) is 13.1 Å². The topological polar surface area (TPSA) is 161 Å². The maximum Gasteiger partial charge on any atom is 0.323 e. The first-order valence-corrected chi connectivity index (χ1v) is 5.12. The predicted molar refractivity (Wildman–Crippen MR) is 58.0 cm³/mol. The second kappa shape index (κ2) is 6.28. The largest absolute Gasteiger partial charge is 0.480 e. The lowest BCUT2D eigenvalue weighted by Crippen LogP contribution is -2.46. The zero-order chi connectivity index (χ0) is 14.4. The van der Waals surface area contributed by atoms with Crippen molar-refractivity contribution < 1.29 is 24.6 Å². The Hall–Kier alpha value is -2.72. The standard InChI is InChI=1S/C8H12N6O5/c1-4(7-10-12-13-11-7)9-8(19)14(2-5(15)16)3-6(17)18/h4H,2-3H2,1H3,(H,9,19)(H,15,16)(H,17,18)(H,10,11,12,13). The molecular formula is C8H12N6O5. The molecule has 0 aliphatic heterocycles. The van der Waals surface area contributed by atoms with Crippen LogP contribution in [-0.4, -0.2) is 66.8 Å². The van der Waals surface area contributed by atoms with Crippen molar-refractivity contribution in [2.24, 2.45) is 0 Å². The molecule has 0 aliphatic carbocycles. The molecule has 0 saturated heterocycles. The Morgan fingerprint density at radius 1 is 1.32 bits per heavy atom. The van der Waals surface area contributed by atoms with Crippen molar-refractivity contribution >= 4 is 18.0 Å². The first-order chi connectivity index (χ1) is 8.90. The molecule has 11 nitrogen and oxygen atoms in total. The molecule has 1 atom stereocenters. The first-order valence-electron chi connectivity index (χ1n) is 5.12. The number of carboxylic acid groups (broad SMARTS) is 2. The van der Waals surface area contributed by atoms with Crippen molar-refractivity contribution in [1.29, 1.82) is 0 Å². The third kappa shape index (κ3) is 4.57. The Balaban J connectivity index is 2.65. The van der Waals surface area contributed by atoms with E-state index in [0.717, 1.165) is 0 Å². The highest BCUT2D eigenvalue weighted by Gasteiger charge is 2.22. The van der Waals surface area contributed by atoms with Crippen LogP contribution >= 0.6 is 0 Å². The van der Waals surface area contributed by atoms with Gasteiger partial charge in [-0.2, -0.15) is 5.21 Å². The van der Waals surface area contributed by atoms with Gasteiger partial charge in [0.1, 0.15) is 13.1 Å². The number of hydrogen-bond acceptors (Lipinski definition) is 6. The lowest BCUT2D eigenvalue weighted by Gasteiger charge is -2.20. The van der Waals surface area contributed by atoms with Crippen LogP contribution in [0.15, 0.2) is 0 Å². The summed E-state index contributed by atoms with van der Waals surface area (Å²) in [6, 6.07) is -1.49.